The van der Waals surface area contributed by atoms with Crippen LogP contribution < -0.4 is 5.32 Å². The summed E-state index contributed by atoms with van der Waals surface area (Å²) in [5, 5.41) is 3.50. The average molecular weight is 363 g/mol. The molecule has 1 N–H and O–H groups in total. The lowest BCUT2D eigenvalue weighted by Gasteiger charge is -2.55. The number of halogens is 1. The third kappa shape index (κ3) is 2.84. The molecule has 1 saturated carbocycles. The molecule has 2 aliphatic rings. The molecule has 2 bridgehead atoms. The lowest BCUT2D eigenvalue weighted by atomic mass is 9.51. The zero-order valence-electron chi connectivity index (χ0n) is 15.0. The van der Waals surface area contributed by atoms with E-state index in [9.17, 15) is 14.4 Å². The fraction of sp³-hybridized carbons (Fsp3) is 0.526. The first kappa shape index (κ1) is 17.9. The summed E-state index contributed by atoms with van der Waals surface area (Å²) >= 11 is 5.88. The Morgan fingerprint density at radius 2 is 1.48 bits per heavy atom. The van der Waals surface area contributed by atoms with Crippen molar-refractivity contribution in [3.05, 3.63) is 29.3 Å². The normalized spacial score (nSPS) is 34.8. The van der Waals surface area contributed by atoms with Crippen molar-refractivity contribution >= 4 is 35.0 Å². The summed E-state index contributed by atoms with van der Waals surface area (Å²) in [5.74, 6) is -0.558. The number of hydrogen-bond donors (Lipinski definition) is 1. The second-order valence-corrected chi connectivity index (χ2v) is 8.78. The average Bonchev–Trinajstić information content (AvgIpc) is 2.52. The molecule has 1 aromatic rings. The molecule has 0 radical (unpaired) electrons. The Labute approximate surface area is 152 Å². The Morgan fingerprint density at radius 1 is 1.00 bits per heavy atom. The third-order valence-electron chi connectivity index (χ3n) is 5.63. The maximum absolute atomic E-state index is 13.0. The summed E-state index contributed by atoms with van der Waals surface area (Å²) in [6, 6.07) is 6.89. The van der Waals surface area contributed by atoms with E-state index in [1.165, 1.54) is 11.9 Å². The summed E-state index contributed by atoms with van der Waals surface area (Å²) in [7, 11) is 1.54. The number of likely N-dealkylation sites (tertiary alicyclic amines) is 1. The number of anilines is 1. The predicted molar refractivity (Wildman–Crippen MR) is 96.0 cm³/mol. The van der Waals surface area contributed by atoms with Crippen LogP contribution in [0.1, 0.15) is 40.0 Å². The number of rotatable bonds is 2. The van der Waals surface area contributed by atoms with E-state index in [0.29, 0.717) is 30.0 Å². The zero-order valence-corrected chi connectivity index (χ0v) is 15.7. The van der Waals surface area contributed by atoms with Crippen LogP contribution in [0.4, 0.5) is 5.69 Å². The number of hydrogen-bond acceptors (Lipinski definition) is 3. The number of amides is 3. The van der Waals surface area contributed by atoms with E-state index in [1.807, 2.05) is 20.8 Å². The van der Waals surface area contributed by atoms with Gasteiger partial charge in [0.1, 0.15) is 0 Å². The molecule has 1 saturated heterocycles. The molecule has 2 unspecified atom stereocenters. The van der Waals surface area contributed by atoms with Crippen LogP contribution >= 0.6 is 11.6 Å². The number of carbonyl (C=O) groups excluding carboxylic acids is 3. The number of fused-ring (bicyclic) bond motifs is 2. The van der Waals surface area contributed by atoms with Gasteiger partial charge in [-0.2, -0.15) is 0 Å². The van der Waals surface area contributed by atoms with Gasteiger partial charge in [0.15, 0.2) is 0 Å². The quantitative estimate of drug-likeness (QED) is 0.819. The predicted octanol–water partition coefficient (Wildman–Crippen LogP) is 3.48. The Kier molecular flexibility index (Phi) is 3.99. The van der Waals surface area contributed by atoms with Crippen molar-refractivity contribution in [3.63, 3.8) is 0 Å². The van der Waals surface area contributed by atoms with Gasteiger partial charge in [-0.1, -0.05) is 32.4 Å². The summed E-state index contributed by atoms with van der Waals surface area (Å²) in [4.78, 5) is 39.6. The standard InChI is InChI=1S/C19H23ClN2O3/c1-17(14(23)21-13-7-5-12(20)6-8-13)9-18(2)11-19(3,10-17)16(25)22(4)15(18)24/h5-8H,9-11H2,1-4H3,(H,21,23). The molecule has 0 spiro atoms. The van der Waals surface area contributed by atoms with Crippen LogP contribution in [0.25, 0.3) is 0 Å². The van der Waals surface area contributed by atoms with Gasteiger partial charge in [0.2, 0.25) is 17.7 Å². The largest absolute Gasteiger partial charge is 0.326 e. The molecular weight excluding hydrogens is 340 g/mol. The number of nitrogens with zero attached hydrogens (tertiary/aromatic N) is 1. The topological polar surface area (TPSA) is 66.5 Å². The third-order valence-corrected chi connectivity index (χ3v) is 5.89. The van der Waals surface area contributed by atoms with Gasteiger partial charge in [-0.05, 0) is 43.5 Å². The summed E-state index contributed by atoms with van der Waals surface area (Å²) in [6.45, 7) is 5.58. The molecule has 2 fully saturated rings. The van der Waals surface area contributed by atoms with Gasteiger partial charge in [0.05, 0.1) is 0 Å². The maximum Gasteiger partial charge on any atom is 0.234 e. The Morgan fingerprint density at radius 3 is 1.96 bits per heavy atom. The first-order chi connectivity index (χ1) is 11.5. The van der Waals surface area contributed by atoms with Crippen molar-refractivity contribution in [3.8, 4) is 0 Å². The van der Waals surface area contributed by atoms with Gasteiger partial charge in [-0.3, -0.25) is 19.3 Å². The maximum atomic E-state index is 13.0. The molecule has 1 aromatic carbocycles. The second-order valence-electron chi connectivity index (χ2n) is 8.34. The SMILES string of the molecule is CN1C(=O)C2(C)CC(C)(C(=O)Nc3ccc(Cl)cc3)CC(C)(C2)C1=O. The van der Waals surface area contributed by atoms with Gasteiger partial charge in [0, 0.05) is 34.0 Å². The molecule has 0 aromatic heterocycles. The first-order valence-electron chi connectivity index (χ1n) is 8.39. The van der Waals surface area contributed by atoms with Crippen molar-refractivity contribution in [1.82, 2.24) is 4.90 Å². The van der Waals surface area contributed by atoms with Crippen molar-refractivity contribution in [2.45, 2.75) is 40.0 Å². The first-order valence-corrected chi connectivity index (χ1v) is 8.77. The fourth-order valence-corrected chi connectivity index (χ4v) is 5.08. The Balaban J connectivity index is 1.91. The molecule has 3 amide bonds. The zero-order chi connectivity index (χ0) is 18.6. The van der Waals surface area contributed by atoms with Crippen LogP contribution in [0.5, 0.6) is 0 Å². The number of imide groups is 1. The van der Waals surface area contributed by atoms with Gasteiger partial charge < -0.3 is 5.32 Å². The molecule has 25 heavy (non-hydrogen) atoms. The molecule has 6 heteroatoms. The van der Waals surface area contributed by atoms with Crippen LogP contribution in [0, 0.1) is 16.2 Å². The highest BCUT2D eigenvalue weighted by Crippen LogP contribution is 2.58. The summed E-state index contributed by atoms with van der Waals surface area (Å²) < 4.78 is 0. The molecule has 1 heterocycles. The molecule has 2 atom stereocenters. The number of nitrogens with one attached hydrogen (secondary N) is 1. The number of carbonyl (C=O) groups is 3. The highest BCUT2D eigenvalue weighted by Gasteiger charge is 2.62. The van der Waals surface area contributed by atoms with Crippen molar-refractivity contribution in [2.75, 3.05) is 12.4 Å². The summed E-state index contributed by atoms with van der Waals surface area (Å²) in [6.07, 6.45) is 1.34. The minimum atomic E-state index is -0.798. The van der Waals surface area contributed by atoms with E-state index in [-0.39, 0.29) is 17.7 Å². The smallest absolute Gasteiger partial charge is 0.234 e. The minimum absolute atomic E-state index is 0.169. The lowest BCUT2D eigenvalue weighted by Crippen LogP contribution is -2.63. The molecule has 134 valence electrons. The van der Waals surface area contributed by atoms with Crippen molar-refractivity contribution < 1.29 is 14.4 Å². The highest BCUT2D eigenvalue weighted by atomic mass is 35.5. The molecular formula is C19H23ClN2O3. The minimum Gasteiger partial charge on any atom is -0.326 e. The summed E-state index contributed by atoms with van der Waals surface area (Å²) in [5.41, 5.74) is -1.56. The lowest BCUT2D eigenvalue weighted by molar-refractivity contribution is -0.177. The van der Waals surface area contributed by atoms with E-state index in [1.54, 1.807) is 24.3 Å². The Hall–Kier alpha value is -1.88. The molecule has 5 nitrogen and oxygen atoms in total. The van der Waals surface area contributed by atoms with Gasteiger partial charge in [0.25, 0.3) is 0 Å². The van der Waals surface area contributed by atoms with E-state index < -0.39 is 16.2 Å². The number of piperidine rings is 1. The second kappa shape index (κ2) is 5.56. The van der Waals surface area contributed by atoms with Gasteiger partial charge in [-0.15, -0.1) is 0 Å². The van der Waals surface area contributed by atoms with E-state index in [2.05, 4.69) is 5.32 Å². The fourth-order valence-electron chi connectivity index (χ4n) is 4.95. The highest BCUT2D eigenvalue weighted by molar-refractivity contribution is 6.30. The van der Waals surface area contributed by atoms with Crippen LogP contribution in [0.3, 0.4) is 0 Å². The molecule has 3 rings (SSSR count). The monoisotopic (exact) mass is 362 g/mol. The van der Waals surface area contributed by atoms with E-state index in [4.69, 9.17) is 11.6 Å². The molecule has 1 aliphatic carbocycles. The van der Waals surface area contributed by atoms with Crippen LogP contribution in [0.15, 0.2) is 24.3 Å². The van der Waals surface area contributed by atoms with Gasteiger partial charge >= 0.3 is 0 Å². The van der Waals surface area contributed by atoms with Crippen LogP contribution in [0.2, 0.25) is 5.02 Å². The van der Waals surface area contributed by atoms with Crippen molar-refractivity contribution in [2.24, 2.45) is 16.2 Å². The van der Waals surface area contributed by atoms with Gasteiger partial charge in [-0.25, -0.2) is 0 Å². The van der Waals surface area contributed by atoms with E-state index in [0.717, 1.165) is 0 Å². The van der Waals surface area contributed by atoms with E-state index >= 15 is 0 Å². The van der Waals surface area contributed by atoms with Crippen LogP contribution in [-0.2, 0) is 14.4 Å². The Bertz CT molecular complexity index is 730. The molecule has 1 aliphatic heterocycles. The van der Waals surface area contributed by atoms with Crippen LogP contribution in [-0.4, -0.2) is 29.7 Å². The van der Waals surface area contributed by atoms with Crippen molar-refractivity contribution in [1.29, 1.82) is 0 Å². The number of benzene rings is 1.